The highest BCUT2D eigenvalue weighted by molar-refractivity contribution is 4.56. The predicted molar refractivity (Wildman–Crippen MR) is 55.8 cm³/mol. The maximum absolute atomic E-state index is 8.99. The SMILES string of the molecule is CCCCC(CC)COC[C@@H](C)O. The molecule has 2 nitrogen and oxygen atoms in total. The lowest BCUT2D eigenvalue weighted by molar-refractivity contribution is 0.0269. The van der Waals surface area contributed by atoms with Crippen LogP contribution in [0.25, 0.3) is 0 Å². The van der Waals surface area contributed by atoms with Gasteiger partial charge < -0.3 is 9.84 Å². The van der Waals surface area contributed by atoms with Crippen molar-refractivity contribution in [2.75, 3.05) is 13.2 Å². The van der Waals surface area contributed by atoms with Crippen molar-refractivity contribution < 1.29 is 9.84 Å². The fourth-order valence-corrected chi connectivity index (χ4v) is 1.30. The van der Waals surface area contributed by atoms with E-state index in [0.29, 0.717) is 12.5 Å². The van der Waals surface area contributed by atoms with Gasteiger partial charge in [0.1, 0.15) is 0 Å². The molecule has 1 N–H and O–H groups in total. The largest absolute Gasteiger partial charge is 0.391 e. The molecule has 0 aliphatic rings. The van der Waals surface area contributed by atoms with Crippen molar-refractivity contribution in [3.63, 3.8) is 0 Å². The Balaban J connectivity index is 3.36. The van der Waals surface area contributed by atoms with Crippen molar-refractivity contribution in [3.8, 4) is 0 Å². The zero-order chi connectivity index (χ0) is 10.1. The molecule has 0 aliphatic carbocycles. The van der Waals surface area contributed by atoms with Crippen LogP contribution in [-0.4, -0.2) is 24.4 Å². The number of aliphatic hydroxyl groups excluding tert-OH is 1. The summed E-state index contributed by atoms with van der Waals surface area (Å²) in [5, 5.41) is 8.99. The first-order chi connectivity index (χ1) is 6.20. The van der Waals surface area contributed by atoms with Gasteiger partial charge in [0.05, 0.1) is 12.7 Å². The molecule has 0 spiro atoms. The summed E-state index contributed by atoms with van der Waals surface area (Å²) in [6, 6.07) is 0. The minimum absolute atomic E-state index is 0.330. The van der Waals surface area contributed by atoms with Crippen LogP contribution in [0.4, 0.5) is 0 Å². The zero-order valence-electron chi connectivity index (χ0n) is 9.25. The van der Waals surface area contributed by atoms with E-state index in [9.17, 15) is 0 Å². The summed E-state index contributed by atoms with van der Waals surface area (Å²) in [7, 11) is 0. The van der Waals surface area contributed by atoms with E-state index in [1.165, 1.54) is 25.7 Å². The molecule has 0 bridgehead atoms. The van der Waals surface area contributed by atoms with Crippen molar-refractivity contribution in [1.82, 2.24) is 0 Å². The maximum atomic E-state index is 8.99. The molecule has 13 heavy (non-hydrogen) atoms. The van der Waals surface area contributed by atoms with Gasteiger partial charge in [-0.2, -0.15) is 0 Å². The molecule has 80 valence electrons. The fraction of sp³-hybridized carbons (Fsp3) is 1.00. The molecule has 2 atom stereocenters. The predicted octanol–water partition coefficient (Wildman–Crippen LogP) is 2.60. The second kappa shape index (κ2) is 8.52. The molecule has 1 unspecified atom stereocenters. The number of aliphatic hydroxyl groups is 1. The molecule has 0 fully saturated rings. The van der Waals surface area contributed by atoms with E-state index in [4.69, 9.17) is 9.84 Å². The van der Waals surface area contributed by atoms with E-state index < -0.39 is 0 Å². The maximum Gasteiger partial charge on any atom is 0.0745 e. The standard InChI is InChI=1S/C11H24O2/c1-4-6-7-11(5-2)9-13-8-10(3)12/h10-12H,4-9H2,1-3H3/t10-,11?/m1/s1. The molecule has 0 saturated heterocycles. The molecule has 0 aromatic rings. The molecule has 0 radical (unpaired) electrons. The number of unbranched alkanes of at least 4 members (excludes halogenated alkanes) is 1. The second-order valence-corrected chi connectivity index (χ2v) is 3.80. The van der Waals surface area contributed by atoms with Gasteiger partial charge in [0, 0.05) is 6.61 Å². The summed E-state index contributed by atoms with van der Waals surface area (Å²) in [5.74, 6) is 0.679. The topological polar surface area (TPSA) is 29.5 Å². The highest BCUT2D eigenvalue weighted by Crippen LogP contribution is 2.12. The summed E-state index contributed by atoms with van der Waals surface area (Å²) in [6.07, 6.45) is 4.65. The van der Waals surface area contributed by atoms with Crippen LogP contribution in [-0.2, 0) is 4.74 Å². The number of rotatable bonds is 8. The van der Waals surface area contributed by atoms with Crippen LogP contribution in [0.3, 0.4) is 0 Å². The molecule has 0 aromatic heterocycles. The van der Waals surface area contributed by atoms with Gasteiger partial charge in [0.15, 0.2) is 0 Å². The highest BCUT2D eigenvalue weighted by Gasteiger charge is 2.06. The van der Waals surface area contributed by atoms with Crippen LogP contribution in [0.2, 0.25) is 0 Å². The number of hydrogen-bond acceptors (Lipinski definition) is 2. The van der Waals surface area contributed by atoms with Crippen LogP contribution in [0.1, 0.15) is 46.5 Å². The monoisotopic (exact) mass is 188 g/mol. The minimum atomic E-state index is -0.330. The van der Waals surface area contributed by atoms with E-state index in [0.717, 1.165) is 6.61 Å². The average molecular weight is 188 g/mol. The Hall–Kier alpha value is -0.0800. The molecule has 0 saturated carbocycles. The summed E-state index contributed by atoms with van der Waals surface area (Å²) in [4.78, 5) is 0. The van der Waals surface area contributed by atoms with Gasteiger partial charge in [-0.15, -0.1) is 0 Å². The molecule has 2 heteroatoms. The van der Waals surface area contributed by atoms with Crippen molar-refractivity contribution in [2.24, 2.45) is 5.92 Å². The summed E-state index contributed by atoms with van der Waals surface area (Å²) in [5.41, 5.74) is 0. The van der Waals surface area contributed by atoms with Crippen LogP contribution >= 0.6 is 0 Å². The first-order valence-electron chi connectivity index (χ1n) is 5.46. The first kappa shape index (κ1) is 12.9. The van der Waals surface area contributed by atoms with Gasteiger partial charge in [0.2, 0.25) is 0 Å². The molecular weight excluding hydrogens is 164 g/mol. The Morgan fingerprint density at radius 3 is 2.38 bits per heavy atom. The molecule has 0 amide bonds. The van der Waals surface area contributed by atoms with Crippen molar-refractivity contribution in [3.05, 3.63) is 0 Å². The van der Waals surface area contributed by atoms with Gasteiger partial charge in [0.25, 0.3) is 0 Å². The van der Waals surface area contributed by atoms with Gasteiger partial charge in [-0.3, -0.25) is 0 Å². The van der Waals surface area contributed by atoms with Crippen molar-refractivity contribution >= 4 is 0 Å². The van der Waals surface area contributed by atoms with Crippen LogP contribution < -0.4 is 0 Å². The lowest BCUT2D eigenvalue weighted by atomic mass is 10.0. The average Bonchev–Trinajstić information content (AvgIpc) is 2.10. The van der Waals surface area contributed by atoms with E-state index in [1.807, 2.05) is 0 Å². The third-order valence-electron chi connectivity index (χ3n) is 2.26. The molecule has 0 aliphatic heterocycles. The minimum Gasteiger partial charge on any atom is -0.391 e. The lowest BCUT2D eigenvalue weighted by Crippen LogP contribution is -2.15. The molecular formula is C11H24O2. The lowest BCUT2D eigenvalue weighted by Gasteiger charge is -2.15. The van der Waals surface area contributed by atoms with Crippen LogP contribution in [0, 0.1) is 5.92 Å². The summed E-state index contributed by atoms with van der Waals surface area (Å²) >= 11 is 0. The van der Waals surface area contributed by atoms with Crippen molar-refractivity contribution in [1.29, 1.82) is 0 Å². The zero-order valence-corrected chi connectivity index (χ0v) is 9.25. The Labute approximate surface area is 82.3 Å². The normalized spacial score (nSPS) is 15.7. The number of ether oxygens (including phenoxy) is 1. The van der Waals surface area contributed by atoms with E-state index >= 15 is 0 Å². The van der Waals surface area contributed by atoms with Crippen LogP contribution in [0.15, 0.2) is 0 Å². The summed E-state index contributed by atoms with van der Waals surface area (Å²) < 4.78 is 5.40. The first-order valence-corrected chi connectivity index (χ1v) is 5.46. The Morgan fingerprint density at radius 2 is 1.92 bits per heavy atom. The highest BCUT2D eigenvalue weighted by atomic mass is 16.5. The molecule has 0 rings (SSSR count). The third-order valence-corrected chi connectivity index (χ3v) is 2.26. The number of hydrogen-bond donors (Lipinski definition) is 1. The second-order valence-electron chi connectivity index (χ2n) is 3.80. The van der Waals surface area contributed by atoms with E-state index in [-0.39, 0.29) is 6.10 Å². The smallest absolute Gasteiger partial charge is 0.0745 e. The third kappa shape index (κ3) is 8.26. The Bertz CT molecular complexity index is 102. The Kier molecular flexibility index (Phi) is 8.46. The summed E-state index contributed by atoms with van der Waals surface area (Å²) in [6.45, 7) is 7.45. The van der Waals surface area contributed by atoms with Crippen molar-refractivity contribution in [2.45, 2.75) is 52.6 Å². The van der Waals surface area contributed by atoms with E-state index in [2.05, 4.69) is 13.8 Å². The Morgan fingerprint density at radius 1 is 1.23 bits per heavy atom. The van der Waals surface area contributed by atoms with Gasteiger partial charge in [-0.1, -0.05) is 33.1 Å². The van der Waals surface area contributed by atoms with Crippen LogP contribution in [0.5, 0.6) is 0 Å². The fourth-order valence-electron chi connectivity index (χ4n) is 1.30. The van der Waals surface area contributed by atoms with Gasteiger partial charge >= 0.3 is 0 Å². The molecule has 0 aromatic carbocycles. The molecule has 0 heterocycles. The quantitative estimate of drug-likeness (QED) is 0.634. The van der Waals surface area contributed by atoms with Gasteiger partial charge in [-0.05, 0) is 19.3 Å². The van der Waals surface area contributed by atoms with Gasteiger partial charge in [-0.25, -0.2) is 0 Å². The van der Waals surface area contributed by atoms with E-state index in [1.54, 1.807) is 6.92 Å².